The van der Waals surface area contributed by atoms with E-state index in [0.29, 0.717) is 6.42 Å². The quantitative estimate of drug-likeness (QED) is 0.328. The number of allylic oxidation sites excluding steroid dienone is 2. The summed E-state index contributed by atoms with van der Waals surface area (Å²) in [5.41, 5.74) is 2.39. The molecular formula is C13H17N3O3. The number of ether oxygens (including phenoxy) is 1. The van der Waals surface area contributed by atoms with Crippen LogP contribution in [-0.4, -0.2) is 29.9 Å². The monoisotopic (exact) mass is 263 g/mol. The topological polar surface area (TPSA) is 91.6 Å². The van der Waals surface area contributed by atoms with Gasteiger partial charge in [0.25, 0.3) is 5.91 Å². The van der Waals surface area contributed by atoms with E-state index in [1.54, 1.807) is 18.9 Å². The molecule has 6 heteroatoms. The first-order chi connectivity index (χ1) is 9.15. The minimum atomic E-state index is -0.438. The summed E-state index contributed by atoms with van der Waals surface area (Å²) in [4.78, 5) is 22.4. The number of hydrogen-bond donors (Lipinski definition) is 2. The molecule has 0 spiro atoms. The number of nitrogens with one attached hydrogen (secondary N) is 2. The van der Waals surface area contributed by atoms with E-state index in [0.717, 1.165) is 12.8 Å². The van der Waals surface area contributed by atoms with Crippen LogP contribution in [0.4, 0.5) is 0 Å². The van der Waals surface area contributed by atoms with Gasteiger partial charge in [-0.2, -0.15) is 5.10 Å². The third-order valence-corrected chi connectivity index (χ3v) is 2.52. The first-order valence-corrected chi connectivity index (χ1v) is 6.21. The summed E-state index contributed by atoms with van der Waals surface area (Å²) in [5, 5.41) is 11.6. The number of hydrogen-bond acceptors (Lipinski definition) is 5. The Morgan fingerprint density at radius 1 is 1.53 bits per heavy atom. The van der Waals surface area contributed by atoms with Crippen LogP contribution in [0.25, 0.3) is 0 Å². The number of nitrogens with zero attached hydrogens (tertiary/aromatic N) is 1. The molecule has 0 bridgehead atoms. The summed E-state index contributed by atoms with van der Waals surface area (Å²) in [5.74, 6) is 1.00. The van der Waals surface area contributed by atoms with Crippen molar-refractivity contribution in [1.82, 2.24) is 5.43 Å². The lowest BCUT2D eigenvalue weighted by atomic mass is 10.0. The fraction of sp³-hybridized carbons (Fsp3) is 0.462. The molecule has 0 fully saturated rings. The van der Waals surface area contributed by atoms with Gasteiger partial charge in [-0.15, -0.1) is 0 Å². The molecule has 2 N–H and O–H groups in total. The molecule has 0 aromatic heterocycles. The van der Waals surface area contributed by atoms with Crippen molar-refractivity contribution in [3.8, 4) is 0 Å². The van der Waals surface area contributed by atoms with E-state index in [2.05, 4.69) is 10.5 Å². The van der Waals surface area contributed by atoms with Crippen molar-refractivity contribution in [2.24, 2.45) is 5.10 Å². The summed E-state index contributed by atoms with van der Waals surface area (Å²) >= 11 is 0. The highest BCUT2D eigenvalue weighted by molar-refractivity contribution is 6.58. The minimum absolute atomic E-state index is 0.0131. The van der Waals surface area contributed by atoms with E-state index in [9.17, 15) is 9.59 Å². The molecule has 102 valence electrons. The third kappa shape index (κ3) is 3.63. The van der Waals surface area contributed by atoms with Crippen molar-refractivity contribution < 1.29 is 14.3 Å². The van der Waals surface area contributed by atoms with Crippen LogP contribution in [0.2, 0.25) is 0 Å². The van der Waals surface area contributed by atoms with Gasteiger partial charge in [-0.1, -0.05) is 25.8 Å². The standard InChI is InChI=1S/C13H17N3O3/c1-3-5-6-7-9-11(14)12(15-16-13(9)18)10(8-17)19-4-2/h7,14H,3-6H2,1-2H3,(H,16,18)/b9-7+,14-11?. The largest absolute Gasteiger partial charge is 0.482 e. The van der Waals surface area contributed by atoms with E-state index in [4.69, 9.17) is 10.1 Å². The summed E-state index contributed by atoms with van der Waals surface area (Å²) in [6.07, 6.45) is 4.31. The van der Waals surface area contributed by atoms with Crippen LogP contribution in [0.5, 0.6) is 0 Å². The van der Waals surface area contributed by atoms with Gasteiger partial charge >= 0.3 is 0 Å². The van der Waals surface area contributed by atoms with Crippen LogP contribution < -0.4 is 5.43 Å². The van der Waals surface area contributed by atoms with E-state index in [1.165, 1.54) is 0 Å². The van der Waals surface area contributed by atoms with Crippen molar-refractivity contribution in [2.75, 3.05) is 6.61 Å². The predicted octanol–water partition coefficient (Wildman–Crippen LogP) is 1.36. The van der Waals surface area contributed by atoms with Crippen LogP contribution >= 0.6 is 0 Å². The van der Waals surface area contributed by atoms with Crippen LogP contribution in [-0.2, 0) is 14.3 Å². The Balaban J connectivity index is 2.99. The Morgan fingerprint density at radius 2 is 2.26 bits per heavy atom. The first-order valence-electron chi connectivity index (χ1n) is 6.21. The van der Waals surface area contributed by atoms with Gasteiger partial charge in [0.15, 0.2) is 11.7 Å². The molecule has 1 aliphatic rings. The molecule has 0 saturated heterocycles. The van der Waals surface area contributed by atoms with Crippen molar-refractivity contribution in [2.45, 2.75) is 33.1 Å². The fourth-order valence-corrected chi connectivity index (χ4v) is 1.56. The van der Waals surface area contributed by atoms with Crippen LogP contribution in [0.1, 0.15) is 33.1 Å². The number of carbonyl (C=O) groups excluding carboxylic acids is 2. The maximum absolute atomic E-state index is 11.6. The predicted molar refractivity (Wildman–Crippen MR) is 71.7 cm³/mol. The average molecular weight is 263 g/mol. The Hall–Kier alpha value is -2.20. The SMILES string of the molecule is CCCC/C=C1\C(=N)C(C(=C=O)OCC)=NNC1=O. The Labute approximate surface area is 111 Å². The summed E-state index contributed by atoms with van der Waals surface area (Å²) in [6, 6.07) is 0. The molecule has 0 aromatic rings. The molecule has 6 nitrogen and oxygen atoms in total. The molecule has 1 heterocycles. The lowest BCUT2D eigenvalue weighted by Crippen LogP contribution is -2.37. The lowest BCUT2D eigenvalue weighted by Gasteiger charge is -2.16. The molecule has 1 aliphatic heterocycles. The second kappa shape index (κ2) is 7.28. The van der Waals surface area contributed by atoms with Gasteiger partial charge in [0, 0.05) is 0 Å². The van der Waals surface area contributed by atoms with E-state index in [1.807, 2.05) is 6.92 Å². The van der Waals surface area contributed by atoms with Crippen LogP contribution in [0.15, 0.2) is 22.5 Å². The summed E-state index contributed by atoms with van der Waals surface area (Å²) in [7, 11) is 0. The molecule has 0 unspecified atom stereocenters. The average Bonchev–Trinajstić information content (AvgIpc) is 2.41. The molecule has 0 aliphatic carbocycles. The van der Waals surface area contributed by atoms with Crippen molar-refractivity contribution in [3.63, 3.8) is 0 Å². The number of carbonyl (C=O) groups is 1. The van der Waals surface area contributed by atoms with Crippen molar-refractivity contribution in [3.05, 3.63) is 17.4 Å². The van der Waals surface area contributed by atoms with E-state index >= 15 is 0 Å². The van der Waals surface area contributed by atoms with E-state index < -0.39 is 5.91 Å². The Bertz CT molecular complexity index is 485. The molecule has 0 aromatic carbocycles. The second-order valence-corrected chi connectivity index (χ2v) is 3.90. The van der Waals surface area contributed by atoms with Crippen LogP contribution in [0.3, 0.4) is 0 Å². The zero-order valence-corrected chi connectivity index (χ0v) is 11.1. The highest BCUT2D eigenvalue weighted by atomic mass is 16.5. The lowest BCUT2D eigenvalue weighted by molar-refractivity contribution is -0.117. The number of hydrazone groups is 1. The summed E-state index contributed by atoms with van der Waals surface area (Å²) < 4.78 is 5.05. The molecular weight excluding hydrogens is 246 g/mol. The number of unbranched alkanes of at least 4 members (excludes halogenated alkanes) is 2. The zero-order valence-electron chi connectivity index (χ0n) is 11.1. The molecule has 0 saturated carbocycles. The Kier molecular flexibility index (Phi) is 5.70. The maximum atomic E-state index is 11.6. The van der Waals surface area contributed by atoms with Gasteiger partial charge in [-0.25, -0.2) is 10.2 Å². The Morgan fingerprint density at radius 3 is 2.84 bits per heavy atom. The second-order valence-electron chi connectivity index (χ2n) is 3.90. The number of rotatable bonds is 6. The fourth-order valence-electron chi connectivity index (χ4n) is 1.56. The first kappa shape index (κ1) is 14.9. The van der Waals surface area contributed by atoms with Gasteiger partial charge in [0.2, 0.25) is 5.76 Å². The van der Waals surface area contributed by atoms with E-state index in [-0.39, 0.29) is 29.4 Å². The number of amides is 1. The molecule has 1 rings (SSSR count). The molecule has 0 radical (unpaired) electrons. The maximum Gasteiger partial charge on any atom is 0.273 e. The third-order valence-electron chi connectivity index (χ3n) is 2.52. The molecule has 19 heavy (non-hydrogen) atoms. The highest BCUT2D eigenvalue weighted by Crippen LogP contribution is 2.12. The van der Waals surface area contributed by atoms with Gasteiger partial charge < -0.3 is 4.74 Å². The normalized spacial score (nSPS) is 16.7. The molecule has 1 amide bonds. The highest BCUT2D eigenvalue weighted by Gasteiger charge is 2.28. The smallest absolute Gasteiger partial charge is 0.273 e. The van der Waals surface area contributed by atoms with Gasteiger partial charge in [-0.3, -0.25) is 10.2 Å². The van der Waals surface area contributed by atoms with Crippen molar-refractivity contribution in [1.29, 1.82) is 5.41 Å². The van der Waals surface area contributed by atoms with Crippen LogP contribution in [0, 0.1) is 5.41 Å². The summed E-state index contributed by atoms with van der Waals surface area (Å²) in [6.45, 7) is 4.01. The molecule has 0 atom stereocenters. The van der Waals surface area contributed by atoms with Crippen molar-refractivity contribution >= 4 is 23.3 Å². The van der Waals surface area contributed by atoms with Gasteiger partial charge in [-0.05, 0) is 13.3 Å². The van der Waals surface area contributed by atoms with Gasteiger partial charge in [0.1, 0.15) is 0 Å². The zero-order chi connectivity index (χ0) is 14.3. The van der Waals surface area contributed by atoms with Gasteiger partial charge in [0.05, 0.1) is 17.9 Å². The minimum Gasteiger partial charge on any atom is -0.482 e.